The standard InChI is InChI=1S/C37H38O/c1-6-23(7-2)26-19-27(24(8-3)9-4)21-37(20-26)30-18-17-25-13-12-16-31-32(25)33(30)34-35(37)29-15-11-10-14-28(29)22(5)36(34)38-31/h10-20,23-24H,6-9,21H2,1-5H3. The zero-order valence-electron chi connectivity index (χ0n) is 23.4. The van der Waals surface area contributed by atoms with Crippen LogP contribution < -0.4 is 4.74 Å². The van der Waals surface area contributed by atoms with E-state index in [4.69, 9.17) is 4.74 Å². The highest BCUT2D eigenvalue weighted by Gasteiger charge is 2.49. The molecule has 1 heteroatoms. The summed E-state index contributed by atoms with van der Waals surface area (Å²) in [6.45, 7) is 11.7. The zero-order chi connectivity index (χ0) is 26.2. The highest BCUT2D eigenvalue weighted by atomic mass is 16.5. The summed E-state index contributed by atoms with van der Waals surface area (Å²) in [7, 11) is 0. The second kappa shape index (κ2) is 8.60. The molecule has 0 amide bonds. The molecule has 3 aliphatic rings. The Morgan fingerprint density at radius 2 is 1.53 bits per heavy atom. The van der Waals surface area contributed by atoms with Gasteiger partial charge in [0.2, 0.25) is 0 Å². The lowest BCUT2D eigenvalue weighted by Crippen LogP contribution is -2.29. The van der Waals surface area contributed by atoms with Gasteiger partial charge < -0.3 is 4.74 Å². The van der Waals surface area contributed by atoms with Crippen LogP contribution >= 0.6 is 0 Å². The minimum atomic E-state index is -0.174. The summed E-state index contributed by atoms with van der Waals surface area (Å²) in [5.41, 5.74) is 10.00. The van der Waals surface area contributed by atoms with Gasteiger partial charge in [0.15, 0.2) is 0 Å². The van der Waals surface area contributed by atoms with E-state index < -0.39 is 0 Å². The maximum absolute atomic E-state index is 6.83. The molecule has 0 saturated heterocycles. The number of rotatable bonds is 6. The van der Waals surface area contributed by atoms with Crippen molar-refractivity contribution in [1.82, 2.24) is 0 Å². The summed E-state index contributed by atoms with van der Waals surface area (Å²) in [6.07, 6.45) is 11.1. The second-order valence-electron chi connectivity index (χ2n) is 11.7. The van der Waals surface area contributed by atoms with Crippen molar-refractivity contribution >= 4 is 21.5 Å². The molecule has 1 nitrogen and oxygen atoms in total. The third-order valence-corrected chi connectivity index (χ3v) is 10.0. The smallest absolute Gasteiger partial charge is 0.139 e. The lowest BCUT2D eigenvalue weighted by atomic mass is 9.64. The maximum Gasteiger partial charge on any atom is 0.139 e. The fourth-order valence-corrected chi connectivity index (χ4v) is 8.09. The Morgan fingerprint density at radius 1 is 0.789 bits per heavy atom. The molecule has 0 fully saturated rings. The van der Waals surface area contributed by atoms with Crippen LogP contribution in [0.15, 0.2) is 77.9 Å². The number of aryl methyl sites for hydroxylation is 1. The summed E-state index contributed by atoms with van der Waals surface area (Å²) >= 11 is 0. The van der Waals surface area contributed by atoms with Crippen molar-refractivity contribution in [2.45, 2.75) is 72.1 Å². The molecule has 2 aliphatic carbocycles. The first-order valence-electron chi connectivity index (χ1n) is 14.8. The van der Waals surface area contributed by atoms with Gasteiger partial charge in [-0.15, -0.1) is 0 Å². The minimum Gasteiger partial charge on any atom is -0.456 e. The molecule has 38 heavy (non-hydrogen) atoms. The Bertz CT molecular complexity index is 1670. The van der Waals surface area contributed by atoms with Crippen LogP contribution in [0.1, 0.15) is 76.5 Å². The van der Waals surface area contributed by atoms with Crippen molar-refractivity contribution < 1.29 is 4.74 Å². The Balaban J connectivity index is 1.66. The summed E-state index contributed by atoms with van der Waals surface area (Å²) in [4.78, 5) is 0. The van der Waals surface area contributed by atoms with E-state index in [1.807, 2.05) is 0 Å². The molecular weight excluding hydrogens is 460 g/mol. The van der Waals surface area contributed by atoms with E-state index in [2.05, 4.69) is 101 Å². The molecule has 7 rings (SSSR count). The average Bonchev–Trinajstić information content (AvgIpc) is 3.22. The van der Waals surface area contributed by atoms with Gasteiger partial charge in [0.25, 0.3) is 0 Å². The lowest BCUT2D eigenvalue weighted by molar-refractivity contribution is 0.481. The van der Waals surface area contributed by atoms with Gasteiger partial charge in [0.05, 0.1) is 0 Å². The van der Waals surface area contributed by atoms with Crippen LogP contribution in [0.4, 0.5) is 0 Å². The number of fused-ring (bicyclic) bond motifs is 4. The van der Waals surface area contributed by atoms with Gasteiger partial charge in [-0.05, 0) is 89.8 Å². The molecule has 1 spiro atoms. The van der Waals surface area contributed by atoms with E-state index in [1.165, 1.54) is 75.0 Å². The van der Waals surface area contributed by atoms with Crippen LogP contribution in [0.2, 0.25) is 0 Å². The Morgan fingerprint density at radius 3 is 2.26 bits per heavy atom. The van der Waals surface area contributed by atoms with Crippen molar-refractivity contribution in [3.05, 3.63) is 94.6 Å². The zero-order valence-corrected chi connectivity index (χ0v) is 23.4. The number of ether oxygens (including phenoxy) is 1. The fraction of sp³-hybridized carbons (Fsp3) is 0.351. The van der Waals surface area contributed by atoms with Crippen LogP contribution in [0.25, 0.3) is 32.7 Å². The normalized spacial score (nSPS) is 19.0. The minimum absolute atomic E-state index is 0.174. The van der Waals surface area contributed by atoms with Crippen LogP contribution in [0.3, 0.4) is 0 Å². The largest absolute Gasteiger partial charge is 0.456 e. The predicted octanol–water partition coefficient (Wildman–Crippen LogP) is 10.8. The van der Waals surface area contributed by atoms with Crippen LogP contribution in [-0.4, -0.2) is 0 Å². The summed E-state index contributed by atoms with van der Waals surface area (Å²) < 4.78 is 6.83. The van der Waals surface area contributed by atoms with Crippen LogP contribution in [-0.2, 0) is 5.41 Å². The summed E-state index contributed by atoms with van der Waals surface area (Å²) in [5, 5.41) is 5.28. The van der Waals surface area contributed by atoms with Gasteiger partial charge in [-0.3, -0.25) is 0 Å². The monoisotopic (exact) mass is 498 g/mol. The number of allylic oxidation sites excluding steroid dienone is 4. The quantitative estimate of drug-likeness (QED) is 0.226. The van der Waals surface area contributed by atoms with Gasteiger partial charge in [-0.25, -0.2) is 0 Å². The van der Waals surface area contributed by atoms with Crippen LogP contribution in [0.5, 0.6) is 11.5 Å². The highest BCUT2D eigenvalue weighted by Crippen LogP contribution is 2.65. The van der Waals surface area contributed by atoms with E-state index in [0.717, 1.165) is 17.9 Å². The number of benzene rings is 4. The molecule has 0 saturated carbocycles. The molecule has 4 aromatic rings. The number of hydrogen-bond acceptors (Lipinski definition) is 1. The van der Waals surface area contributed by atoms with Crippen molar-refractivity contribution in [3.63, 3.8) is 0 Å². The van der Waals surface area contributed by atoms with Crippen molar-refractivity contribution in [2.24, 2.45) is 11.8 Å². The van der Waals surface area contributed by atoms with Crippen LogP contribution in [0, 0.1) is 18.8 Å². The molecule has 0 aromatic heterocycles. The molecule has 0 N–H and O–H groups in total. The topological polar surface area (TPSA) is 9.23 Å². The van der Waals surface area contributed by atoms with Gasteiger partial charge >= 0.3 is 0 Å². The first kappa shape index (κ1) is 23.8. The third-order valence-electron chi connectivity index (χ3n) is 10.0. The van der Waals surface area contributed by atoms with E-state index in [-0.39, 0.29) is 5.41 Å². The Labute approximate surface area is 227 Å². The Kier molecular flexibility index (Phi) is 5.38. The van der Waals surface area contributed by atoms with E-state index >= 15 is 0 Å². The van der Waals surface area contributed by atoms with Gasteiger partial charge in [0, 0.05) is 27.5 Å². The first-order chi connectivity index (χ1) is 18.6. The first-order valence-corrected chi connectivity index (χ1v) is 14.8. The molecular formula is C37H38O. The van der Waals surface area contributed by atoms with Gasteiger partial charge in [-0.2, -0.15) is 0 Å². The second-order valence-corrected chi connectivity index (χ2v) is 11.7. The van der Waals surface area contributed by atoms with Gasteiger partial charge in [-0.1, -0.05) is 94.0 Å². The van der Waals surface area contributed by atoms with E-state index in [0.29, 0.717) is 11.8 Å². The molecule has 4 aromatic carbocycles. The lowest BCUT2D eigenvalue weighted by Gasteiger charge is -2.38. The van der Waals surface area contributed by atoms with Crippen molar-refractivity contribution in [2.75, 3.05) is 0 Å². The molecule has 1 aliphatic heterocycles. The van der Waals surface area contributed by atoms with Crippen molar-refractivity contribution in [3.8, 4) is 22.6 Å². The van der Waals surface area contributed by atoms with E-state index in [9.17, 15) is 0 Å². The van der Waals surface area contributed by atoms with E-state index in [1.54, 1.807) is 11.1 Å². The summed E-state index contributed by atoms with van der Waals surface area (Å²) in [5.74, 6) is 3.27. The predicted molar refractivity (Wildman–Crippen MR) is 161 cm³/mol. The third kappa shape index (κ3) is 2.99. The van der Waals surface area contributed by atoms with Gasteiger partial charge in [0.1, 0.15) is 11.5 Å². The highest BCUT2D eigenvalue weighted by molar-refractivity contribution is 6.14. The molecule has 0 radical (unpaired) electrons. The fourth-order valence-electron chi connectivity index (χ4n) is 8.09. The summed E-state index contributed by atoms with van der Waals surface area (Å²) in [6, 6.07) is 20.4. The molecule has 1 heterocycles. The maximum atomic E-state index is 6.83. The number of hydrogen-bond donors (Lipinski definition) is 0. The van der Waals surface area contributed by atoms with Crippen molar-refractivity contribution in [1.29, 1.82) is 0 Å². The molecule has 1 unspecified atom stereocenters. The molecule has 1 atom stereocenters. The SMILES string of the molecule is CCC(CC)C1=CC2(CC(C(CC)CC)=C1)c1ccc3cccc4c3c1-c1c(c(C)c3ccccc3c12)O4. The molecule has 192 valence electrons. The average molecular weight is 499 g/mol. The Hall–Kier alpha value is -3.32. The molecule has 0 bridgehead atoms.